The Hall–Kier alpha value is -1.48. The summed E-state index contributed by atoms with van der Waals surface area (Å²) in [6, 6.07) is 13.4. The smallest absolute Gasteiger partial charge is 0.115 e. The van der Waals surface area contributed by atoms with Gasteiger partial charge in [-0.15, -0.1) is 0 Å². The van der Waals surface area contributed by atoms with Gasteiger partial charge in [-0.05, 0) is 42.3 Å². The van der Waals surface area contributed by atoms with E-state index in [0.29, 0.717) is 12.3 Å². The minimum atomic E-state index is 0.300. The number of anilines is 1. The summed E-state index contributed by atoms with van der Waals surface area (Å²) in [4.78, 5) is 0. The second-order valence-corrected chi connectivity index (χ2v) is 4.84. The highest BCUT2D eigenvalue weighted by Crippen LogP contribution is 2.21. The Labute approximate surface area is 109 Å². The van der Waals surface area contributed by atoms with Crippen LogP contribution in [0.5, 0.6) is 5.75 Å². The fourth-order valence-corrected chi connectivity index (χ4v) is 1.95. The first kappa shape index (κ1) is 12.0. The third-order valence-corrected chi connectivity index (χ3v) is 3.43. The molecule has 0 unspecified atom stereocenters. The van der Waals surface area contributed by atoms with Crippen LogP contribution in [0.25, 0.3) is 0 Å². The normalized spacial score (nSPS) is 10.2. The largest absolute Gasteiger partial charge is 0.508 e. The molecule has 0 bridgehead atoms. The van der Waals surface area contributed by atoms with Crippen LogP contribution in [-0.4, -0.2) is 5.11 Å². The number of nitrogens with one attached hydrogen (secondary N) is 1. The van der Waals surface area contributed by atoms with E-state index < -0.39 is 0 Å². The Balaban J connectivity index is 2.05. The number of aromatic hydroxyl groups is 1. The van der Waals surface area contributed by atoms with E-state index in [9.17, 15) is 5.11 Å². The molecule has 2 aromatic rings. The molecule has 0 aromatic heterocycles. The molecule has 0 spiro atoms. The minimum absolute atomic E-state index is 0.300. The van der Waals surface area contributed by atoms with Crippen LogP contribution in [0.15, 0.2) is 46.9 Å². The average molecular weight is 292 g/mol. The van der Waals surface area contributed by atoms with Crippen molar-refractivity contribution in [3.63, 3.8) is 0 Å². The molecular weight excluding hydrogens is 278 g/mol. The molecule has 0 radical (unpaired) electrons. The highest BCUT2D eigenvalue weighted by atomic mass is 79.9. The summed E-state index contributed by atoms with van der Waals surface area (Å²) in [7, 11) is 0. The first-order valence-corrected chi connectivity index (χ1v) is 6.22. The topological polar surface area (TPSA) is 32.3 Å². The molecule has 0 aliphatic rings. The average Bonchev–Trinajstić information content (AvgIpc) is 2.31. The van der Waals surface area contributed by atoms with E-state index in [1.54, 1.807) is 12.1 Å². The van der Waals surface area contributed by atoms with Gasteiger partial charge >= 0.3 is 0 Å². The van der Waals surface area contributed by atoms with Crippen molar-refractivity contribution >= 4 is 21.6 Å². The highest BCUT2D eigenvalue weighted by Gasteiger charge is 1.98. The fourth-order valence-electron chi connectivity index (χ4n) is 1.57. The maximum Gasteiger partial charge on any atom is 0.115 e. The number of hydrogen-bond acceptors (Lipinski definition) is 2. The molecule has 17 heavy (non-hydrogen) atoms. The van der Waals surface area contributed by atoms with Crippen molar-refractivity contribution in [2.75, 3.05) is 5.32 Å². The molecule has 0 saturated heterocycles. The quantitative estimate of drug-likeness (QED) is 0.893. The van der Waals surface area contributed by atoms with Crippen LogP contribution < -0.4 is 5.32 Å². The molecule has 0 aliphatic heterocycles. The Bertz CT molecular complexity index is 525. The van der Waals surface area contributed by atoms with Crippen molar-refractivity contribution in [2.24, 2.45) is 0 Å². The van der Waals surface area contributed by atoms with Gasteiger partial charge < -0.3 is 10.4 Å². The fraction of sp³-hybridized carbons (Fsp3) is 0.143. The van der Waals surface area contributed by atoms with E-state index in [-0.39, 0.29) is 0 Å². The molecule has 0 saturated carbocycles. The second-order valence-electron chi connectivity index (χ2n) is 3.99. The number of hydrogen-bond donors (Lipinski definition) is 2. The Kier molecular flexibility index (Phi) is 3.69. The van der Waals surface area contributed by atoms with E-state index in [1.807, 2.05) is 18.2 Å². The van der Waals surface area contributed by atoms with E-state index in [4.69, 9.17) is 0 Å². The predicted molar refractivity (Wildman–Crippen MR) is 74.3 cm³/mol. The number of halogens is 1. The lowest BCUT2D eigenvalue weighted by Crippen LogP contribution is -1.99. The highest BCUT2D eigenvalue weighted by molar-refractivity contribution is 9.10. The number of benzene rings is 2. The van der Waals surface area contributed by atoms with Gasteiger partial charge in [-0.2, -0.15) is 0 Å². The van der Waals surface area contributed by atoms with Gasteiger partial charge in [-0.25, -0.2) is 0 Å². The van der Waals surface area contributed by atoms with Crippen molar-refractivity contribution in [3.8, 4) is 5.75 Å². The van der Waals surface area contributed by atoms with E-state index >= 15 is 0 Å². The van der Waals surface area contributed by atoms with Gasteiger partial charge in [-0.1, -0.05) is 34.1 Å². The van der Waals surface area contributed by atoms with Crippen molar-refractivity contribution in [1.29, 1.82) is 0 Å². The lowest BCUT2D eigenvalue weighted by atomic mass is 10.2. The molecule has 2 N–H and O–H groups in total. The van der Waals surface area contributed by atoms with Crippen molar-refractivity contribution in [2.45, 2.75) is 13.5 Å². The van der Waals surface area contributed by atoms with Gasteiger partial charge in [0.05, 0.1) is 0 Å². The third-order valence-electron chi connectivity index (χ3n) is 2.58. The zero-order valence-corrected chi connectivity index (χ0v) is 11.2. The summed E-state index contributed by atoms with van der Waals surface area (Å²) in [5.74, 6) is 0.300. The second kappa shape index (κ2) is 5.23. The predicted octanol–water partition coefficient (Wildman–Crippen LogP) is 4.08. The third kappa shape index (κ3) is 3.24. The van der Waals surface area contributed by atoms with Gasteiger partial charge in [0, 0.05) is 16.7 Å². The lowest BCUT2D eigenvalue weighted by molar-refractivity contribution is 0.474. The Morgan fingerprint density at radius 2 is 2.00 bits per heavy atom. The summed E-state index contributed by atoms with van der Waals surface area (Å²) in [6.07, 6.45) is 0. The van der Waals surface area contributed by atoms with E-state index in [0.717, 1.165) is 15.7 Å². The van der Waals surface area contributed by atoms with E-state index in [2.05, 4.69) is 40.3 Å². The van der Waals surface area contributed by atoms with Gasteiger partial charge in [0.15, 0.2) is 0 Å². The number of phenols is 1. The van der Waals surface area contributed by atoms with Gasteiger partial charge in [-0.3, -0.25) is 0 Å². The van der Waals surface area contributed by atoms with Crippen LogP contribution in [0.4, 0.5) is 5.69 Å². The van der Waals surface area contributed by atoms with Crippen LogP contribution >= 0.6 is 15.9 Å². The zero-order valence-electron chi connectivity index (χ0n) is 9.57. The Morgan fingerprint density at radius 3 is 2.71 bits per heavy atom. The van der Waals surface area contributed by atoms with Crippen molar-refractivity contribution in [3.05, 3.63) is 58.1 Å². The van der Waals surface area contributed by atoms with Crippen LogP contribution in [-0.2, 0) is 6.54 Å². The molecule has 0 atom stereocenters. The van der Waals surface area contributed by atoms with Crippen LogP contribution in [0, 0.1) is 6.92 Å². The monoisotopic (exact) mass is 291 g/mol. The summed E-state index contributed by atoms with van der Waals surface area (Å²) < 4.78 is 1.10. The molecule has 3 heteroatoms. The maximum atomic E-state index is 9.36. The molecular formula is C14H14BrNO. The van der Waals surface area contributed by atoms with Crippen LogP contribution in [0.3, 0.4) is 0 Å². The molecule has 0 heterocycles. The number of rotatable bonds is 3. The van der Waals surface area contributed by atoms with Crippen molar-refractivity contribution in [1.82, 2.24) is 0 Å². The molecule has 0 fully saturated rings. The van der Waals surface area contributed by atoms with Crippen LogP contribution in [0.2, 0.25) is 0 Å². The van der Waals surface area contributed by atoms with E-state index in [1.165, 1.54) is 5.56 Å². The summed E-state index contributed by atoms with van der Waals surface area (Å²) >= 11 is 3.50. The summed E-state index contributed by atoms with van der Waals surface area (Å²) in [6.45, 7) is 2.76. The minimum Gasteiger partial charge on any atom is -0.508 e. The SMILES string of the molecule is Cc1ccc(NCc2cccc(O)c2)cc1Br. The molecule has 0 aliphatic carbocycles. The lowest BCUT2D eigenvalue weighted by Gasteiger charge is -2.08. The van der Waals surface area contributed by atoms with Gasteiger partial charge in [0.2, 0.25) is 0 Å². The molecule has 2 aromatic carbocycles. The number of phenolic OH excluding ortho intramolecular Hbond substituents is 1. The standard InChI is InChI=1S/C14H14BrNO/c1-10-5-6-12(8-14(10)15)16-9-11-3-2-4-13(17)7-11/h2-8,16-17H,9H2,1H3. The van der Waals surface area contributed by atoms with Crippen LogP contribution in [0.1, 0.15) is 11.1 Å². The Morgan fingerprint density at radius 1 is 1.18 bits per heavy atom. The first-order valence-electron chi connectivity index (χ1n) is 5.43. The molecule has 0 amide bonds. The summed E-state index contributed by atoms with van der Waals surface area (Å²) in [5, 5.41) is 12.7. The van der Waals surface area contributed by atoms with Gasteiger partial charge in [0.25, 0.3) is 0 Å². The number of aryl methyl sites for hydroxylation is 1. The molecule has 88 valence electrons. The van der Waals surface area contributed by atoms with Gasteiger partial charge in [0.1, 0.15) is 5.75 Å². The summed E-state index contributed by atoms with van der Waals surface area (Å²) in [5.41, 5.74) is 3.33. The molecule has 2 rings (SSSR count). The molecule has 2 nitrogen and oxygen atoms in total. The van der Waals surface area contributed by atoms with Crippen molar-refractivity contribution < 1.29 is 5.11 Å². The zero-order chi connectivity index (χ0) is 12.3. The first-order chi connectivity index (χ1) is 8.15. The maximum absolute atomic E-state index is 9.36.